The second-order valence-electron chi connectivity index (χ2n) is 9.44. The number of halogens is 2. The number of hydrogen-bond donors (Lipinski definition) is 1. The zero-order valence-corrected chi connectivity index (χ0v) is 22.9. The first-order chi connectivity index (χ1) is 17.5. The molecule has 0 radical (unpaired) electrons. The van der Waals surface area contributed by atoms with E-state index in [0.717, 1.165) is 52.8 Å². The van der Waals surface area contributed by atoms with Crippen LogP contribution in [-0.2, 0) is 26.3 Å². The van der Waals surface area contributed by atoms with Gasteiger partial charge in [-0.1, -0.05) is 43.0 Å². The number of hydrogen-bond acceptors (Lipinski definition) is 4. The first-order valence-corrected chi connectivity index (χ1v) is 14.1. The van der Waals surface area contributed by atoms with Crippen LogP contribution in [0.1, 0.15) is 44.6 Å². The second kappa shape index (κ2) is 12.7. The predicted octanol–water partition coefficient (Wildman–Crippen LogP) is 3.96. The SMILES string of the molecule is CC(C(=O)NC1CCCCC1)N(Cc1cccc(Cl)c1)C(=O)CN(c1ccc(F)cc1)S(=O)(=O)N(C)C. The summed E-state index contributed by atoms with van der Waals surface area (Å²) in [5, 5.41) is 3.53. The van der Waals surface area contributed by atoms with Crippen molar-refractivity contribution in [1.82, 2.24) is 14.5 Å². The molecule has 3 rings (SSSR count). The molecule has 1 N–H and O–H groups in total. The fourth-order valence-electron chi connectivity index (χ4n) is 4.31. The lowest BCUT2D eigenvalue weighted by atomic mass is 9.95. The summed E-state index contributed by atoms with van der Waals surface area (Å²) in [7, 11) is -1.41. The normalized spacial score (nSPS) is 15.3. The average molecular weight is 553 g/mol. The number of amides is 2. The predicted molar refractivity (Wildman–Crippen MR) is 143 cm³/mol. The van der Waals surface area contributed by atoms with Crippen LogP contribution in [0, 0.1) is 5.82 Å². The van der Waals surface area contributed by atoms with E-state index in [2.05, 4.69) is 5.32 Å². The van der Waals surface area contributed by atoms with Gasteiger partial charge in [0.2, 0.25) is 11.8 Å². The molecule has 37 heavy (non-hydrogen) atoms. The Hall–Kier alpha value is -2.69. The van der Waals surface area contributed by atoms with Crippen LogP contribution in [0.2, 0.25) is 5.02 Å². The van der Waals surface area contributed by atoms with Gasteiger partial charge in [-0.3, -0.25) is 9.59 Å². The molecule has 1 aliphatic carbocycles. The number of nitrogens with one attached hydrogen (secondary N) is 1. The zero-order chi connectivity index (χ0) is 27.2. The average Bonchev–Trinajstić information content (AvgIpc) is 2.86. The van der Waals surface area contributed by atoms with Gasteiger partial charge in [0, 0.05) is 31.7 Å². The standard InChI is InChI=1S/C26H34ClFN4O4S/c1-19(26(34)29-23-10-5-4-6-11-23)31(17-20-8-7-9-21(27)16-20)25(33)18-32(37(35,36)30(2)3)24-14-12-22(28)13-15-24/h7-9,12-16,19,23H,4-6,10-11,17-18H2,1-3H3,(H,29,34). The fraction of sp³-hybridized carbons (Fsp3) is 0.462. The summed E-state index contributed by atoms with van der Waals surface area (Å²) in [6.07, 6.45) is 5.00. The Balaban J connectivity index is 1.91. The zero-order valence-electron chi connectivity index (χ0n) is 21.4. The molecule has 1 atom stereocenters. The van der Waals surface area contributed by atoms with Gasteiger partial charge in [-0.15, -0.1) is 0 Å². The lowest BCUT2D eigenvalue weighted by Crippen LogP contribution is -2.53. The van der Waals surface area contributed by atoms with E-state index >= 15 is 0 Å². The molecular weight excluding hydrogens is 519 g/mol. The molecule has 0 aromatic heterocycles. The monoisotopic (exact) mass is 552 g/mol. The maximum absolute atomic E-state index is 13.7. The molecule has 1 aliphatic rings. The Morgan fingerprint density at radius 3 is 2.32 bits per heavy atom. The van der Waals surface area contributed by atoms with Gasteiger partial charge in [-0.2, -0.15) is 12.7 Å². The molecule has 1 fully saturated rings. The van der Waals surface area contributed by atoms with E-state index < -0.39 is 34.5 Å². The van der Waals surface area contributed by atoms with Gasteiger partial charge in [0.1, 0.15) is 18.4 Å². The summed E-state index contributed by atoms with van der Waals surface area (Å²) in [6.45, 7) is 1.11. The summed E-state index contributed by atoms with van der Waals surface area (Å²) in [5.74, 6) is -1.42. The second-order valence-corrected chi connectivity index (χ2v) is 11.9. The Morgan fingerprint density at radius 2 is 1.73 bits per heavy atom. The third kappa shape index (κ3) is 7.66. The van der Waals surface area contributed by atoms with Crippen LogP contribution in [0.25, 0.3) is 0 Å². The molecule has 8 nitrogen and oxygen atoms in total. The van der Waals surface area contributed by atoms with E-state index in [0.29, 0.717) is 10.6 Å². The van der Waals surface area contributed by atoms with Crippen LogP contribution >= 0.6 is 11.6 Å². The number of rotatable bonds is 10. The lowest BCUT2D eigenvalue weighted by molar-refractivity contribution is -0.139. The van der Waals surface area contributed by atoms with Gasteiger partial charge in [-0.25, -0.2) is 8.70 Å². The van der Waals surface area contributed by atoms with Crippen molar-refractivity contribution >= 4 is 39.3 Å². The van der Waals surface area contributed by atoms with Gasteiger partial charge in [0.05, 0.1) is 5.69 Å². The molecule has 0 aliphatic heterocycles. The molecule has 1 unspecified atom stereocenters. The van der Waals surface area contributed by atoms with E-state index in [9.17, 15) is 22.4 Å². The topological polar surface area (TPSA) is 90.0 Å². The highest BCUT2D eigenvalue weighted by molar-refractivity contribution is 7.90. The van der Waals surface area contributed by atoms with Crippen molar-refractivity contribution in [2.45, 2.75) is 57.7 Å². The van der Waals surface area contributed by atoms with E-state index in [1.807, 2.05) is 0 Å². The first-order valence-electron chi connectivity index (χ1n) is 12.3. The molecule has 1 saturated carbocycles. The molecule has 0 saturated heterocycles. The highest BCUT2D eigenvalue weighted by Crippen LogP contribution is 2.22. The van der Waals surface area contributed by atoms with Crippen molar-refractivity contribution in [3.63, 3.8) is 0 Å². The van der Waals surface area contributed by atoms with E-state index in [4.69, 9.17) is 11.6 Å². The van der Waals surface area contributed by atoms with Crippen molar-refractivity contribution in [3.05, 3.63) is 64.9 Å². The van der Waals surface area contributed by atoms with E-state index in [1.54, 1.807) is 31.2 Å². The smallest absolute Gasteiger partial charge is 0.304 e. The Labute approximate surface area is 223 Å². The largest absolute Gasteiger partial charge is 0.352 e. The molecule has 0 heterocycles. The third-order valence-electron chi connectivity index (χ3n) is 6.49. The first kappa shape index (κ1) is 28.9. The molecule has 0 spiro atoms. The van der Waals surface area contributed by atoms with Gasteiger partial charge in [0.15, 0.2) is 0 Å². The molecule has 11 heteroatoms. The van der Waals surface area contributed by atoms with Gasteiger partial charge >= 0.3 is 10.2 Å². The quantitative estimate of drug-likeness (QED) is 0.483. The Bertz CT molecular complexity index is 1190. The van der Waals surface area contributed by atoms with Crippen molar-refractivity contribution in [3.8, 4) is 0 Å². The molecule has 2 amide bonds. The van der Waals surface area contributed by atoms with Crippen LogP contribution in [0.5, 0.6) is 0 Å². The van der Waals surface area contributed by atoms with Gasteiger partial charge < -0.3 is 10.2 Å². The number of benzene rings is 2. The Morgan fingerprint density at radius 1 is 1.08 bits per heavy atom. The van der Waals surface area contributed by atoms with Crippen LogP contribution in [-0.4, -0.2) is 62.2 Å². The maximum Gasteiger partial charge on any atom is 0.304 e. The summed E-state index contributed by atoms with van der Waals surface area (Å²) < 4.78 is 41.7. The summed E-state index contributed by atoms with van der Waals surface area (Å²) >= 11 is 6.14. The minimum Gasteiger partial charge on any atom is -0.352 e. The highest BCUT2D eigenvalue weighted by atomic mass is 35.5. The minimum absolute atomic E-state index is 0.0525. The number of nitrogens with zero attached hydrogens (tertiary/aromatic N) is 3. The summed E-state index contributed by atoms with van der Waals surface area (Å²) in [4.78, 5) is 28.3. The van der Waals surface area contributed by atoms with Gasteiger partial charge in [-0.05, 0) is 61.7 Å². The van der Waals surface area contributed by atoms with Crippen LogP contribution in [0.4, 0.5) is 10.1 Å². The van der Waals surface area contributed by atoms with Crippen molar-refractivity contribution in [1.29, 1.82) is 0 Å². The van der Waals surface area contributed by atoms with Crippen LogP contribution in [0.3, 0.4) is 0 Å². The van der Waals surface area contributed by atoms with Crippen LogP contribution in [0.15, 0.2) is 48.5 Å². The third-order valence-corrected chi connectivity index (χ3v) is 8.55. The maximum atomic E-state index is 13.7. The molecular formula is C26H34ClFN4O4S. The fourth-order valence-corrected chi connectivity index (χ4v) is 5.58. The molecule has 0 bridgehead atoms. The number of carbonyl (C=O) groups excluding carboxylic acids is 2. The minimum atomic E-state index is -4.11. The lowest BCUT2D eigenvalue weighted by Gasteiger charge is -2.34. The number of anilines is 1. The van der Waals surface area contributed by atoms with Crippen molar-refractivity contribution in [2.24, 2.45) is 0 Å². The van der Waals surface area contributed by atoms with Crippen molar-refractivity contribution in [2.75, 3.05) is 24.9 Å². The number of carbonyl (C=O) groups is 2. The van der Waals surface area contributed by atoms with E-state index in [1.165, 1.54) is 31.1 Å². The summed E-state index contributed by atoms with van der Waals surface area (Å²) in [6, 6.07) is 11.0. The summed E-state index contributed by atoms with van der Waals surface area (Å²) in [5.41, 5.74) is 0.826. The van der Waals surface area contributed by atoms with E-state index in [-0.39, 0.29) is 24.2 Å². The van der Waals surface area contributed by atoms with Crippen molar-refractivity contribution < 1.29 is 22.4 Å². The molecule has 2 aromatic rings. The molecule has 202 valence electrons. The van der Waals surface area contributed by atoms with Gasteiger partial charge in [0.25, 0.3) is 0 Å². The molecule has 2 aromatic carbocycles. The Kier molecular flexibility index (Phi) is 9.92. The van der Waals surface area contributed by atoms with Crippen LogP contribution < -0.4 is 9.62 Å². The highest BCUT2D eigenvalue weighted by Gasteiger charge is 2.33.